The summed E-state index contributed by atoms with van der Waals surface area (Å²) in [4.78, 5) is 0. The standard InChI is InChI=1S/C2H7N.2CH4.FH/c1-3-2;;;/h3H,1-2H3;2*1H4;1H. The largest absolute Gasteiger partial charge is 0.323 e. The van der Waals surface area contributed by atoms with Gasteiger partial charge in [-0.15, -0.1) is 0 Å². The molecule has 0 radical (unpaired) electrons. The average molecular weight is 97.2 g/mol. The molecule has 0 fully saturated rings. The Balaban J connectivity index is -0.00000000667. The fourth-order valence-corrected chi connectivity index (χ4v) is 0. The third-order valence-corrected chi connectivity index (χ3v) is 0. The van der Waals surface area contributed by atoms with Crippen LogP contribution in [0.25, 0.3) is 0 Å². The minimum Gasteiger partial charge on any atom is -0.323 e. The van der Waals surface area contributed by atoms with Crippen molar-refractivity contribution in [2.75, 3.05) is 14.1 Å². The molecule has 0 amide bonds. The SMILES string of the molecule is C.C.CNC.F. The molecule has 0 heterocycles. The molecule has 0 bridgehead atoms. The van der Waals surface area contributed by atoms with Gasteiger partial charge in [-0.1, -0.05) is 14.9 Å². The highest BCUT2D eigenvalue weighted by molar-refractivity contribution is 3.91. The van der Waals surface area contributed by atoms with Crippen LogP contribution in [0.1, 0.15) is 14.9 Å². The van der Waals surface area contributed by atoms with E-state index < -0.39 is 0 Å². The molecule has 0 rings (SSSR count). The van der Waals surface area contributed by atoms with Crippen molar-refractivity contribution in [2.24, 2.45) is 0 Å². The highest BCUT2D eigenvalue weighted by Gasteiger charge is 1.25. The van der Waals surface area contributed by atoms with Crippen LogP contribution in [0.5, 0.6) is 0 Å². The van der Waals surface area contributed by atoms with Gasteiger partial charge in [-0.05, 0) is 14.1 Å². The molecular formula is C4H16FN. The average Bonchev–Trinajstić information content (AvgIpc) is 0.918. The Bertz CT molecular complexity index is 7.51. The summed E-state index contributed by atoms with van der Waals surface area (Å²) in [6.45, 7) is 0. The normalized spacial score (nSPS) is 3.00. The molecule has 0 saturated carbocycles. The maximum Gasteiger partial charge on any atom is -0.0167 e. The van der Waals surface area contributed by atoms with Crippen molar-refractivity contribution < 1.29 is 4.70 Å². The summed E-state index contributed by atoms with van der Waals surface area (Å²) in [5.41, 5.74) is 0. The fraction of sp³-hybridized carbons (Fsp3) is 1.00. The second-order valence-corrected chi connectivity index (χ2v) is 0.500. The first kappa shape index (κ1) is 39.4. The molecule has 1 N–H and O–H groups in total. The fourth-order valence-electron chi connectivity index (χ4n) is 0. The Hall–Kier alpha value is -0.110. The summed E-state index contributed by atoms with van der Waals surface area (Å²) in [7, 11) is 3.75. The van der Waals surface area contributed by atoms with Crippen LogP contribution in [0, 0.1) is 0 Å². The van der Waals surface area contributed by atoms with Gasteiger partial charge in [0.15, 0.2) is 0 Å². The van der Waals surface area contributed by atoms with E-state index in [0.717, 1.165) is 0 Å². The lowest BCUT2D eigenvalue weighted by molar-refractivity contribution is 1.02. The molecule has 0 atom stereocenters. The zero-order valence-electron chi connectivity index (χ0n) is 2.91. The Morgan fingerprint density at radius 3 is 1.00 bits per heavy atom. The van der Waals surface area contributed by atoms with Gasteiger partial charge in [-0.25, -0.2) is 0 Å². The molecule has 0 aromatic carbocycles. The highest BCUT2D eigenvalue weighted by atomic mass is 19.0. The van der Waals surface area contributed by atoms with Gasteiger partial charge < -0.3 is 5.32 Å². The number of halogens is 1. The number of hydrogen-bond donors (Lipinski definition) is 1. The lowest BCUT2D eigenvalue weighted by Gasteiger charge is -1.59. The lowest BCUT2D eigenvalue weighted by atomic mass is 11.3. The van der Waals surface area contributed by atoms with Crippen LogP contribution < -0.4 is 5.32 Å². The number of hydrogen-bond acceptors (Lipinski definition) is 1. The second-order valence-electron chi connectivity index (χ2n) is 0.500. The van der Waals surface area contributed by atoms with Crippen LogP contribution in [0.15, 0.2) is 0 Å². The monoisotopic (exact) mass is 97.1 g/mol. The van der Waals surface area contributed by atoms with Gasteiger partial charge in [0.2, 0.25) is 0 Å². The van der Waals surface area contributed by atoms with Gasteiger partial charge in [-0.2, -0.15) is 0 Å². The van der Waals surface area contributed by atoms with E-state index in [-0.39, 0.29) is 19.6 Å². The van der Waals surface area contributed by atoms with Gasteiger partial charge in [0, 0.05) is 0 Å². The zero-order chi connectivity index (χ0) is 2.71. The summed E-state index contributed by atoms with van der Waals surface area (Å²) >= 11 is 0. The molecule has 0 aliphatic heterocycles. The zero-order valence-corrected chi connectivity index (χ0v) is 2.91. The van der Waals surface area contributed by atoms with E-state index in [4.69, 9.17) is 0 Å². The first-order chi connectivity index (χ1) is 1.41. The molecule has 0 aromatic rings. The molecule has 0 saturated heterocycles. The Labute approximate surface area is 40.1 Å². The van der Waals surface area contributed by atoms with Crippen LogP contribution in [-0.2, 0) is 0 Å². The van der Waals surface area contributed by atoms with Gasteiger partial charge >= 0.3 is 0 Å². The van der Waals surface area contributed by atoms with Crippen LogP contribution >= 0.6 is 0 Å². The second kappa shape index (κ2) is 93.4. The summed E-state index contributed by atoms with van der Waals surface area (Å²) in [5.74, 6) is 0. The predicted molar refractivity (Wildman–Crippen MR) is 30.9 cm³/mol. The topological polar surface area (TPSA) is 12.0 Å². The van der Waals surface area contributed by atoms with Gasteiger partial charge in [-0.3, -0.25) is 4.70 Å². The van der Waals surface area contributed by atoms with Gasteiger partial charge in [0.1, 0.15) is 0 Å². The molecule has 0 aliphatic carbocycles. The van der Waals surface area contributed by atoms with Gasteiger partial charge in [0.25, 0.3) is 0 Å². The lowest BCUT2D eigenvalue weighted by Crippen LogP contribution is -1.89. The third kappa shape index (κ3) is 2690. The summed E-state index contributed by atoms with van der Waals surface area (Å²) in [6, 6.07) is 0. The van der Waals surface area contributed by atoms with E-state index in [1.807, 2.05) is 14.1 Å². The van der Waals surface area contributed by atoms with E-state index in [0.29, 0.717) is 0 Å². The van der Waals surface area contributed by atoms with Crippen molar-refractivity contribution in [3.05, 3.63) is 0 Å². The molecule has 0 unspecified atom stereocenters. The molecule has 6 heavy (non-hydrogen) atoms. The summed E-state index contributed by atoms with van der Waals surface area (Å²) < 4.78 is 0. The van der Waals surface area contributed by atoms with E-state index in [1.54, 1.807) is 0 Å². The van der Waals surface area contributed by atoms with Crippen molar-refractivity contribution in [1.82, 2.24) is 5.32 Å². The first-order valence-corrected chi connectivity index (χ1v) is 1.00. The quantitative estimate of drug-likeness (QED) is 0.480. The third-order valence-electron chi connectivity index (χ3n) is 0. The van der Waals surface area contributed by atoms with Gasteiger partial charge in [0.05, 0.1) is 0 Å². The minimum atomic E-state index is 0. The maximum atomic E-state index is 2.75. The Morgan fingerprint density at radius 2 is 1.00 bits per heavy atom. The van der Waals surface area contributed by atoms with E-state index in [9.17, 15) is 0 Å². The minimum absolute atomic E-state index is 0. The van der Waals surface area contributed by atoms with Crippen molar-refractivity contribution in [3.63, 3.8) is 0 Å². The Kier molecular flexibility index (Phi) is 614. The molecule has 0 aliphatic rings. The molecule has 44 valence electrons. The molecule has 2 heteroatoms. The molecule has 0 spiro atoms. The highest BCUT2D eigenvalue weighted by Crippen LogP contribution is 0.981. The maximum absolute atomic E-state index is 2.75. The van der Waals surface area contributed by atoms with Crippen LogP contribution in [0.3, 0.4) is 0 Å². The predicted octanol–water partition coefficient (Wildman–Crippen LogP) is 1.26. The molecular weight excluding hydrogens is 81.0 g/mol. The number of rotatable bonds is 0. The van der Waals surface area contributed by atoms with Crippen molar-refractivity contribution in [1.29, 1.82) is 0 Å². The van der Waals surface area contributed by atoms with Crippen LogP contribution in [0.4, 0.5) is 4.70 Å². The molecule has 0 aromatic heterocycles. The van der Waals surface area contributed by atoms with Crippen molar-refractivity contribution >= 4 is 0 Å². The molecule has 1 nitrogen and oxygen atoms in total. The number of nitrogens with one attached hydrogen (secondary N) is 1. The van der Waals surface area contributed by atoms with E-state index >= 15 is 0 Å². The Morgan fingerprint density at radius 1 is 1.00 bits per heavy atom. The smallest absolute Gasteiger partial charge is 0.0167 e. The van der Waals surface area contributed by atoms with Crippen LogP contribution in [-0.4, -0.2) is 14.1 Å². The van der Waals surface area contributed by atoms with Crippen LogP contribution in [0.2, 0.25) is 0 Å². The summed E-state index contributed by atoms with van der Waals surface area (Å²) in [5, 5.41) is 2.75. The van der Waals surface area contributed by atoms with E-state index in [1.165, 1.54) is 0 Å². The van der Waals surface area contributed by atoms with Crippen molar-refractivity contribution in [3.8, 4) is 0 Å². The first-order valence-electron chi connectivity index (χ1n) is 1.00. The van der Waals surface area contributed by atoms with Crippen molar-refractivity contribution in [2.45, 2.75) is 14.9 Å². The summed E-state index contributed by atoms with van der Waals surface area (Å²) in [6.07, 6.45) is 0. The van der Waals surface area contributed by atoms with E-state index in [2.05, 4.69) is 5.32 Å².